The fourth-order valence-electron chi connectivity index (χ4n) is 1.63. The molecule has 0 spiro atoms. The standard InChI is InChI=1S/C12H17ClF3N3/c1-3-19(7-8(2)5-17)11-10(13)4-9(6-18-11)12(14,15)16/h4,6,8H,3,5,7,17H2,1-2H3. The van der Waals surface area contributed by atoms with Crippen LogP contribution in [-0.4, -0.2) is 24.6 Å². The molecule has 0 aliphatic heterocycles. The van der Waals surface area contributed by atoms with Gasteiger partial charge in [-0.15, -0.1) is 0 Å². The van der Waals surface area contributed by atoms with E-state index in [0.717, 1.165) is 12.3 Å². The Labute approximate surface area is 115 Å². The van der Waals surface area contributed by atoms with Crippen LogP contribution >= 0.6 is 11.6 Å². The van der Waals surface area contributed by atoms with Gasteiger partial charge in [-0.1, -0.05) is 18.5 Å². The number of halogens is 4. The first-order chi connectivity index (χ1) is 8.79. The molecule has 2 N–H and O–H groups in total. The van der Waals surface area contributed by atoms with E-state index in [4.69, 9.17) is 17.3 Å². The number of nitrogens with zero attached hydrogens (tertiary/aromatic N) is 2. The van der Waals surface area contributed by atoms with Crippen LogP contribution in [0.5, 0.6) is 0 Å². The van der Waals surface area contributed by atoms with Gasteiger partial charge in [-0.05, 0) is 25.5 Å². The minimum atomic E-state index is -4.43. The molecule has 0 bridgehead atoms. The van der Waals surface area contributed by atoms with Crippen molar-refractivity contribution in [1.29, 1.82) is 0 Å². The van der Waals surface area contributed by atoms with E-state index in [0.29, 0.717) is 25.5 Å². The van der Waals surface area contributed by atoms with Gasteiger partial charge in [0.1, 0.15) is 5.82 Å². The number of aromatic nitrogens is 1. The molecule has 19 heavy (non-hydrogen) atoms. The Morgan fingerprint density at radius 2 is 2.11 bits per heavy atom. The number of rotatable bonds is 5. The Morgan fingerprint density at radius 3 is 2.53 bits per heavy atom. The lowest BCUT2D eigenvalue weighted by Crippen LogP contribution is -2.32. The van der Waals surface area contributed by atoms with Crippen molar-refractivity contribution in [2.45, 2.75) is 20.0 Å². The average Bonchev–Trinajstić information content (AvgIpc) is 2.34. The topological polar surface area (TPSA) is 42.1 Å². The molecule has 0 aliphatic carbocycles. The lowest BCUT2D eigenvalue weighted by Gasteiger charge is -2.26. The molecule has 1 atom stereocenters. The van der Waals surface area contributed by atoms with E-state index in [9.17, 15) is 13.2 Å². The fourth-order valence-corrected chi connectivity index (χ4v) is 1.92. The Bertz CT molecular complexity index is 423. The first kappa shape index (κ1) is 16.0. The minimum Gasteiger partial charge on any atom is -0.355 e. The molecule has 108 valence electrons. The van der Waals surface area contributed by atoms with Crippen molar-refractivity contribution < 1.29 is 13.2 Å². The van der Waals surface area contributed by atoms with E-state index in [1.54, 1.807) is 0 Å². The summed E-state index contributed by atoms with van der Waals surface area (Å²) in [7, 11) is 0. The predicted octanol–water partition coefficient (Wildman–Crippen LogP) is 3.17. The van der Waals surface area contributed by atoms with Crippen LogP contribution in [0.1, 0.15) is 19.4 Å². The van der Waals surface area contributed by atoms with Gasteiger partial charge in [0.25, 0.3) is 0 Å². The molecule has 0 saturated carbocycles. The third-order valence-corrected chi connectivity index (χ3v) is 3.04. The minimum absolute atomic E-state index is 0.000830. The summed E-state index contributed by atoms with van der Waals surface area (Å²) in [4.78, 5) is 5.66. The Balaban J connectivity index is 3.00. The van der Waals surface area contributed by atoms with E-state index >= 15 is 0 Å². The van der Waals surface area contributed by atoms with Gasteiger partial charge in [-0.25, -0.2) is 4.98 Å². The van der Waals surface area contributed by atoms with Crippen LogP contribution in [0.15, 0.2) is 12.3 Å². The first-order valence-corrected chi connectivity index (χ1v) is 6.35. The smallest absolute Gasteiger partial charge is 0.355 e. The molecule has 0 saturated heterocycles. The molecule has 0 aromatic carbocycles. The van der Waals surface area contributed by atoms with Gasteiger partial charge >= 0.3 is 6.18 Å². The molecule has 0 amide bonds. The van der Waals surface area contributed by atoms with Gasteiger partial charge in [0.05, 0.1) is 10.6 Å². The summed E-state index contributed by atoms with van der Waals surface area (Å²) < 4.78 is 37.6. The summed E-state index contributed by atoms with van der Waals surface area (Å²) in [6, 6.07) is 0.902. The Morgan fingerprint density at radius 1 is 1.47 bits per heavy atom. The molecule has 0 fully saturated rings. The zero-order valence-corrected chi connectivity index (χ0v) is 11.6. The first-order valence-electron chi connectivity index (χ1n) is 5.97. The second kappa shape index (κ2) is 6.43. The van der Waals surface area contributed by atoms with Crippen LogP contribution < -0.4 is 10.6 Å². The van der Waals surface area contributed by atoms with Crippen LogP contribution in [0.4, 0.5) is 19.0 Å². The van der Waals surface area contributed by atoms with Crippen LogP contribution in [0.25, 0.3) is 0 Å². The molecule has 7 heteroatoms. The van der Waals surface area contributed by atoms with Crippen molar-refractivity contribution in [2.75, 3.05) is 24.5 Å². The normalized spacial score (nSPS) is 13.4. The quantitative estimate of drug-likeness (QED) is 0.907. The lowest BCUT2D eigenvalue weighted by atomic mass is 10.1. The highest BCUT2D eigenvalue weighted by molar-refractivity contribution is 6.33. The SMILES string of the molecule is CCN(CC(C)CN)c1ncc(C(F)(F)F)cc1Cl. The highest BCUT2D eigenvalue weighted by atomic mass is 35.5. The van der Waals surface area contributed by atoms with Gasteiger partial charge in [0, 0.05) is 19.3 Å². The molecule has 1 heterocycles. The van der Waals surface area contributed by atoms with Crippen molar-refractivity contribution in [2.24, 2.45) is 11.7 Å². The largest absolute Gasteiger partial charge is 0.417 e. The number of pyridine rings is 1. The maximum Gasteiger partial charge on any atom is 0.417 e. The molecule has 3 nitrogen and oxygen atoms in total. The van der Waals surface area contributed by atoms with Crippen molar-refractivity contribution >= 4 is 17.4 Å². The van der Waals surface area contributed by atoms with E-state index in [1.165, 1.54) is 0 Å². The van der Waals surface area contributed by atoms with Gasteiger partial charge in [0.2, 0.25) is 0 Å². The number of hydrogen-bond acceptors (Lipinski definition) is 3. The molecular weight excluding hydrogens is 279 g/mol. The van der Waals surface area contributed by atoms with E-state index in [-0.39, 0.29) is 10.9 Å². The monoisotopic (exact) mass is 295 g/mol. The molecular formula is C12H17ClF3N3. The number of anilines is 1. The van der Waals surface area contributed by atoms with Gasteiger partial charge in [-0.3, -0.25) is 0 Å². The fraction of sp³-hybridized carbons (Fsp3) is 0.583. The zero-order chi connectivity index (χ0) is 14.6. The molecule has 1 aromatic heterocycles. The average molecular weight is 296 g/mol. The van der Waals surface area contributed by atoms with Crippen LogP contribution in [0, 0.1) is 5.92 Å². The van der Waals surface area contributed by atoms with Crippen LogP contribution in [0.3, 0.4) is 0 Å². The van der Waals surface area contributed by atoms with E-state index in [1.807, 2.05) is 18.7 Å². The maximum atomic E-state index is 12.5. The maximum absolute atomic E-state index is 12.5. The lowest BCUT2D eigenvalue weighted by molar-refractivity contribution is -0.137. The van der Waals surface area contributed by atoms with Gasteiger partial charge in [-0.2, -0.15) is 13.2 Å². The highest BCUT2D eigenvalue weighted by Gasteiger charge is 2.32. The highest BCUT2D eigenvalue weighted by Crippen LogP contribution is 2.33. The summed E-state index contributed by atoms with van der Waals surface area (Å²) in [5.74, 6) is 0.567. The van der Waals surface area contributed by atoms with Crippen molar-refractivity contribution in [3.05, 3.63) is 22.8 Å². The van der Waals surface area contributed by atoms with Crippen molar-refractivity contribution in [3.8, 4) is 0 Å². The summed E-state index contributed by atoms with van der Waals surface area (Å²) in [5, 5.41) is 0.000830. The predicted molar refractivity (Wildman–Crippen MR) is 70.4 cm³/mol. The summed E-state index contributed by atoms with van der Waals surface area (Å²) in [6.07, 6.45) is -3.63. The summed E-state index contributed by atoms with van der Waals surface area (Å²) >= 11 is 5.90. The molecule has 1 rings (SSSR count). The van der Waals surface area contributed by atoms with Crippen molar-refractivity contribution in [1.82, 2.24) is 4.98 Å². The second-order valence-electron chi connectivity index (χ2n) is 4.41. The summed E-state index contributed by atoms with van der Waals surface area (Å²) in [5.41, 5.74) is 4.70. The Kier molecular flexibility index (Phi) is 5.43. The molecule has 0 radical (unpaired) electrons. The number of hydrogen-bond donors (Lipinski definition) is 1. The second-order valence-corrected chi connectivity index (χ2v) is 4.81. The molecule has 0 aliphatic rings. The molecule has 1 unspecified atom stereocenters. The van der Waals surface area contributed by atoms with Crippen LogP contribution in [-0.2, 0) is 6.18 Å². The molecule has 1 aromatic rings. The van der Waals surface area contributed by atoms with Crippen LogP contribution in [0.2, 0.25) is 5.02 Å². The third kappa shape index (κ3) is 4.24. The van der Waals surface area contributed by atoms with Gasteiger partial charge in [0.15, 0.2) is 0 Å². The summed E-state index contributed by atoms with van der Waals surface area (Å²) in [6.45, 7) is 5.54. The Hall–Kier alpha value is -1.01. The number of nitrogens with two attached hydrogens (primary N) is 1. The zero-order valence-electron chi connectivity index (χ0n) is 10.8. The third-order valence-electron chi connectivity index (χ3n) is 2.76. The van der Waals surface area contributed by atoms with Gasteiger partial charge < -0.3 is 10.6 Å². The number of alkyl halides is 3. The van der Waals surface area contributed by atoms with E-state index in [2.05, 4.69) is 4.98 Å². The van der Waals surface area contributed by atoms with Crippen molar-refractivity contribution in [3.63, 3.8) is 0 Å². The van der Waals surface area contributed by atoms with E-state index < -0.39 is 11.7 Å².